The first kappa shape index (κ1) is 11.2. The molecule has 0 aliphatic rings. The Morgan fingerprint density at radius 2 is 1.79 bits per heavy atom. The quantitative estimate of drug-likeness (QED) is 0.715. The van der Waals surface area contributed by atoms with Gasteiger partial charge in [-0.25, -0.2) is 0 Å². The van der Waals surface area contributed by atoms with Crippen molar-refractivity contribution in [1.29, 1.82) is 5.26 Å². The van der Waals surface area contributed by atoms with Crippen LogP contribution in [-0.2, 0) is 0 Å². The Morgan fingerprint density at radius 1 is 1.00 bits per heavy atom. The first-order valence-electron chi connectivity index (χ1n) is 5.87. The van der Waals surface area contributed by atoms with E-state index >= 15 is 0 Å². The standard InChI is InChI=1S/C16H10N2O/c17-10-11-3-5-12(6-4-11)13-7-8-15(19)16-14(13)2-1-9-18-16/h1-9,19H. The van der Waals surface area contributed by atoms with E-state index in [-0.39, 0.29) is 5.75 Å². The van der Waals surface area contributed by atoms with Crippen molar-refractivity contribution in [2.24, 2.45) is 0 Å². The van der Waals surface area contributed by atoms with Gasteiger partial charge in [-0.15, -0.1) is 0 Å². The molecular weight excluding hydrogens is 236 g/mol. The van der Waals surface area contributed by atoms with Gasteiger partial charge in [0.2, 0.25) is 0 Å². The maximum atomic E-state index is 9.82. The fourth-order valence-electron chi connectivity index (χ4n) is 2.13. The molecular formula is C16H10N2O. The number of phenolic OH excluding ortho intramolecular Hbond substituents is 1. The van der Waals surface area contributed by atoms with Crippen molar-refractivity contribution in [2.75, 3.05) is 0 Å². The normalized spacial score (nSPS) is 10.3. The molecule has 0 aliphatic heterocycles. The Hall–Kier alpha value is -2.86. The van der Waals surface area contributed by atoms with Gasteiger partial charge in [-0.05, 0) is 41.5 Å². The molecule has 0 saturated carbocycles. The zero-order chi connectivity index (χ0) is 13.2. The Morgan fingerprint density at radius 3 is 2.53 bits per heavy atom. The lowest BCUT2D eigenvalue weighted by molar-refractivity contribution is 0.480. The highest BCUT2D eigenvalue weighted by Gasteiger charge is 2.07. The van der Waals surface area contributed by atoms with Crippen molar-refractivity contribution < 1.29 is 5.11 Å². The van der Waals surface area contributed by atoms with Crippen molar-refractivity contribution in [3.63, 3.8) is 0 Å². The summed E-state index contributed by atoms with van der Waals surface area (Å²) in [7, 11) is 0. The van der Waals surface area contributed by atoms with E-state index in [2.05, 4.69) is 11.1 Å². The minimum absolute atomic E-state index is 0.174. The number of aromatic hydroxyl groups is 1. The van der Waals surface area contributed by atoms with E-state index in [4.69, 9.17) is 5.26 Å². The molecule has 90 valence electrons. The van der Waals surface area contributed by atoms with Gasteiger partial charge in [-0.3, -0.25) is 4.98 Å². The fraction of sp³-hybridized carbons (Fsp3) is 0. The molecule has 0 spiro atoms. The number of nitrogens with zero attached hydrogens (tertiary/aromatic N) is 2. The highest BCUT2D eigenvalue weighted by molar-refractivity contribution is 5.97. The molecule has 3 rings (SSSR count). The van der Waals surface area contributed by atoms with Crippen LogP contribution < -0.4 is 0 Å². The number of nitriles is 1. The van der Waals surface area contributed by atoms with Gasteiger partial charge in [-0.2, -0.15) is 5.26 Å². The van der Waals surface area contributed by atoms with E-state index in [1.54, 1.807) is 24.4 Å². The van der Waals surface area contributed by atoms with Crippen molar-refractivity contribution >= 4 is 10.9 Å². The van der Waals surface area contributed by atoms with Crippen LogP contribution in [0.25, 0.3) is 22.0 Å². The summed E-state index contributed by atoms with van der Waals surface area (Å²) >= 11 is 0. The van der Waals surface area contributed by atoms with Crippen LogP contribution in [0.5, 0.6) is 5.75 Å². The number of rotatable bonds is 1. The Balaban J connectivity index is 2.25. The maximum absolute atomic E-state index is 9.82. The average Bonchev–Trinajstić information content (AvgIpc) is 2.48. The third-order valence-corrected chi connectivity index (χ3v) is 3.07. The second kappa shape index (κ2) is 4.43. The van der Waals surface area contributed by atoms with E-state index in [1.807, 2.05) is 30.3 Å². The monoisotopic (exact) mass is 246 g/mol. The molecule has 19 heavy (non-hydrogen) atoms. The van der Waals surface area contributed by atoms with Crippen LogP contribution in [-0.4, -0.2) is 10.1 Å². The largest absolute Gasteiger partial charge is 0.506 e. The predicted molar refractivity (Wildman–Crippen MR) is 73.6 cm³/mol. The molecule has 1 aromatic heterocycles. The molecule has 0 amide bonds. The number of hydrogen-bond donors (Lipinski definition) is 1. The SMILES string of the molecule is N#Cc1ccc(-c2ccc(O)c3ncccc23)cc1. The van der Waals surface area contributed by atoms with E-state index in [1.165, 1.54) is 0 Å². The first-order valence-corrected chi connectivity index (χ1v) is 5.87. The highest BCUT2D eigenvalue weighted by atomic mass is 16.3. The van der Waals surface area contributed by atoms with Gasteiger partial charge in [0.05, 0.1) is 11.6 Å². The van der Waals surface area contributed by atoms with Gasteiger partial charge < -0.3 is 5.11 Å². The highest BCUT2D eigenvalue weighted by Crippen LogP contribution is 2.32. The van der Waals surface area contributed by atoms with Crippen LogP contribution in [0.15, 0.2) is 54.7 Å². The van der Waals surface area contributed by atoms with Crippen molar-refractivity contribution in [3.05, 3.63) is 60.3 Å². The Kier molecular flexibility index (Phi) is 2.62. The number of aromatic nitrogens is 1. The van der Waals surface area contributed by atoms with Crippen LogP contribution in [0.1, 0.15) is 5.56 Å². The van der Waals surface area contributed by atoms with E-state index in [0.717, 1.165) is 16.5 Å². The van der Waals surface area contributed by atoms with Crippen molar-refractivity contribution in [1.82, 2.24) is 4.98 Å². The Bertz CT molecular complexity index is 786. The molecule has 3 aromatic rings. The third kappa shape index (κ3) is 1.90. The number of fused-ring (bicyclic) bond motifs is 1. The molecule has 0 radical (unpaired) electrons. The second-order valence-electron chi connectivity index (χ2n) is 4.22. The summed E-state index contributed by atoms with van der Waals surface area (Å²) < 4.78 is 0. The summed E-state index contributed by atoms with van der Waals surface area (Å²) in [5.74, 6) is 0.174. The predicted octanol–water partition coefficient (Wildman–Crippen LogP) is 3.48. The maximum Gasteiger partial charge on any atom is 0.141 e. The molecule has 0 aliphatic carbocycles. The topological polar surface area (TPSA) is 56.9 Å². The van der Waals surface area contributed by atoms with Gasteiger partial charge >= 0.3 is 0 Å². The minimum atomic E-state index is 0.174. The molecule has 0 atom stereocenters. The summed E-state index contributed by atoms with van der Waals surface area (Å²) in [6, 6.07) is 16.7. The first-order chi connectivity index (χ1) is 9.29. The average molecular weight is 246 g/mol. The molecule has 3 nitrogen and oxygen atoms in total. The molecule has 0 bridgehead atoms. The van der Waals surface area contributed by atoms with Gasteiger partial charge in [0.25, 0.3) is 0 Å². The van der Waals surface area contributed by atoms with Crippen LogP contribution in [0, 0.1) is 11.3 Å². The van der Waals surface area contributed by atoms with E-state index in [0.29, 0.717) is 11.1 Å². The number of pyridine rings is 1. The molecule has 1 N–H and O–H groups in total. The van der Waals surface area contributed by atoms with Crippen molar-refractivity contribution in [2.45, 2.75) is 0 Å². The van der Waals surface area contributed by atoms with Crippen LogP contribution >= 0.6 is 0 Å². The molecule has 0 fully saturated rings. The Labute approximate surface area is 110 Å². The van der Waals surface area contributed by atoms with Gasteiger partial charge in [0, 0.05) is 11.6 Å². The zero-order valence-corrected chi connectivity index (χ0v) is 10.0. The summed E-state index contributed by atoms with van der Waals surface area (Å²) in [6.07, 6.45) is 1.66. The fourth-order valence-corrected chi connectivity index (χ4v) is 2.13. The summed E-state index contributed by atoms with van der Waals surface area (Å²) in [4.78, 5) is 4.20. The van der Waals surface area contributed by atoms with E-state index in [9.17, 15) is 5.11 Å². The smallest absolute Gasteiger partial charge is 0.141 e. The molecule has 1 heterocycles. The van der Waals surface area contributed by atoms with E-state index < -0.39 is 0 Å². The number of benzene rings is 2. The molecule has 2 aromatic carbocycles. The lowest BCUT2D eigenvalue weighted by Gasteiger charge is -2.07. The minimum Gasteiger partial charge on any atom is -0.506 e. The van der Waals surface area contributed by atoms with Crippen molar-refractivity contribution in [3.8, 4) is 22.9 Å². The molecule has 0 saturated heterocycles. The molecule has 0 unspecified atom stereocenters. The summed E-state index contributed by atoms with van der Waals surface area (Å²) in [5, 5.41) is 19.5. The lowest BCUT2D eigenvalue weighted by atomic mass is 9.99. The summed E-state index contributed by atoms with van der Waals surface area (Å²) in [6.45, 7) is 0. The van der Waals surface area contributed by atoms with Crippen LogP contribution in [0.3, 0.4) is 0 Å². The molecule has 3 heteroatoms. The van der Waals surface area contributed by atoms with Gasteiger partial charge in [-0.1, -0.05) is 18.2 Å². The van der Waals surface area contributed by atoms with Crippen LogP contribution in [0.4, 0.5) is 0 Å². The second-order valence-corrected chi connectivity index (χ2v) is 4.22. The third-order valence-electron chi connectivity index (χ3n) is 3.07. The van der Waals surface area contributed by atoms with Gasteiger partial charge in [0.15, 0.2) is 0 Å². The number of phenols is 1. The zero-order valence-electron chi connectivity index (χ0n) is 10.0. The van der Waals surface area contributed by atoms with Gasteiger partial charge in [0.1, 0.15) is 11.3 Å². The number of hydrogen-bond acceptors (Lipinski definition) is 3. The summed E-state index contributed by atoms with van der Waals surface area (Å²) in [5.41, 5.74) is 3.21. The lowest BCUT2D eigenvalue weighted by Crippen LogP contribution is -1.85. The van der Waals surface area contributed by atoms with Crippen LogP contribution in [0.2, 0.25) is 0 Å².